The van der Waals surface area contributed by atoms with E-state index in [4.69, 9.17) is 4.74 Å². The number of benzene rings is 2. The predicted molar refractivity (Wildman–Crippen MR) is 79.6 cm³/mol. The summed E-state index contributed by atoms with van der Waals surface area (Å²) in [5.41, 5.74) is 2.52. The standard InChI is InChI=1S/C17H21NO/c1-3-13-19-16-11-9-15(10-12-16)17(18-2)14-7-5-4-6-8-14/h4-12,17-18H,3,13H2,1-2H3. The summed E-state index contributed by atoms with van der Waals surface area (Å²) in [6.45, 7) is 2.88. The number of hydrogen-bond acceptors (Lipinski definition) is 2. The largest absolute Gasteiger partial charge is 0.494 e. The highest BCUT2D eigenvalue weighted by atomic mass is 16.5. The first-order valence-corrected chi connectivity index (χ1v) is 6.80. The third-order valence-corrected chi connectivity index (χ3v) is 3.11. The smallest absolute Gasteiger partial charge is 0.119 e. The number of ether oxygens (including phenoxy) is 1. The van der Waals surface area contributed by atoms with Gasteiger partial charge in [-0.1, -0.05) is 49.4 Å². The lowest BCUT2D eigenvalue weighted by Crippen LogP contribution is -2.17. The summed E-state index contributed by atoms with van der Waals surface area (Å²) in [6, 6.07) is 19.0. The van der Waals surface area contributed by atoms with E-state index in [-0.39, 0.29) is 6.04 Å². The van der Waals surface area contributed by atoms with Gasteiger partial charge in [-0.05, 0) is 36.7 Å². The maximum atomic E-state index is 5.61. The van der Waals surface area contributed by atoms with Crippen molar-refractivity contribution >= 4 is 0 Å². The lowest BCUT2D eigenvalue weighted by molar-refractivity contribution is 0.317. The summed E-state index contributed by atoms with van der Waals surface area (Å²) in [5, 5.41) is 3.36. The zero-order valence-electron chi connectivity index (χ0n) is 11.6. The van der Waals surface area contributed by atoms with Crippen LogP contribution in [0, 0.1) is 0 Å². The van der Waals surface area contributed by atoms with E-state index in [0.717, 1.165) is 18.8 Å². The van der Waals surface area contributed by atoms with Crippen molar-refractivity contribution in [3.8, 4) is 5.75 Å². The molecule has 0 aromatic heterocycles. The topological polar surface area (TPSA) is 21.3 Å². The summed E-state index contributed by atoms with van der Waals surface area (Å²) in [6.07, 6.45) is 1.03. The lowest BCUT2D eigenvalue weighted by atomic mass is 9.99. The van der Waals surface area contributed by atoms with Gasteiger partial charge in [-0.25, -0.2) is 0 Å². The van der Waals surface area contributed by atoms with Gasteiger partial charge in [0.05, 0.1) is 12.6 Å². The van der Waals surface area contributed by atoms with Crippen LogP contribution in [0.4, 0.5) is 0 Å². The van der Waals surface area contributed by atoms with Crippen LogP contribution in [0.2, 0.25) is 0 Å². The molecule has 0 fully saturated rings. The average molecular weight is 255 g/mol. The van der Waals surface area contributed by atoms with Gasteiger partial charge in [0.25, 0.3) is 0 Å². The van der Waals surface area contributed by atoms with Gasteiger partial charge in [0, 0.05) is 0 Å². The van der Waals surface area contributed by atoms with Crippen LogP contribution in [-0.2, 0) is 0 Å². The molecule has 2 heteroatoms. The Bertz CT molecular complexity index is 478. The van der Waals surface area contributed by atoms with Crippen molar-refractivity contribution in [3.05, 3.63) is 65.7 Å². The van der Waals surface area contributed by atoms with Crippen molar-refractivity contribution < 1.29 is 4.74 Å². The molecule has 0 radical (unpaired) electrons. The fourth-order valence-corrected chi connectivity index (χ4v) is 2.15. The normalized spacial score (nSPS) is 12.1. The molecular formula is C17H21NO. The first-order valence-electron chi connectivity index (χ1n) is 6.80. The van der Waals surface area contributed by atoms with Crippen molar-refractivity contribution in [1.82, 2.24) is 5.32 Å². The molecule has 1 atom stereocenters. The van der Waals surface area contributed by atoms with Crippen LogP contribution in [0.5, 0.6) is 5.75 Å². The molecule has 2 aromatic rings. The summed E-state index contributed by atoms with van der Waals surface area (Å²) in [7, 11) is 1.99. The molecule has 2 aromatic carbocycles. The molecule has 0 aliphatic carbocycles. The van der Waals surface area contributed by atoms with Crippen LogP contribution in [0.1, 0.15) is 30.5 Å². The highest BCUT2D eigenvalue weighted by Crippen LogP contribution is 2.23. The first kappa shape index (κ1) is 13.6. The Kier molecular flexibility index (Phi) is 4.99. The van der Waals surface area contributed by atoms with Gasteiger partial charge >= 0.3 is 0 Å². The van der Waals surface area contributed by atoms with E-state index in [1.807, 2.05) is 25.2 Å². The van der Waals surface area contributed by atoms with E-state index in [9.17, 15) is 0 Å². The summed E-state index contributed by atoms with van der Waals surface area (Å²) in [4.78, 5) is 0. The molecule has 19 heavy (non-hydrogen) atoms. The molecule has 0 bridgehead atoms. The minimum atomic E-state index is 0.224. The zero-order chi connectivity index (χ0) is 13.5. The molecular weight excluding hydrogens is 234 g/mol. The second kappa shape index (κ2) is 6.95. The van der Waals surface area contributed by atoms with Crippen molar-refractivity contribution in [1.29, 1.82) is 0 Å². The van der Waals surface area contributed by atoms with Gasteiger partial charge in [-0.2, -0.15) is 0 Å². The van der Waals surface area contributed by atoms with E-state index in [1.54, 1.807) is 0 Å². The lowest BCUT2D eigenvalue weighted by Gasteiger charge is -2.17. The first-order chi connectivity index (χ1) is 9.35. The van der Waals surface area contributed by atoms with Crippen LogP contribution < -0.4 is 10.1 Å². The molecule has 0 saturated heterocycles. The number of rotatable bonds is 6. The van der Waals surface area contributed by atoms with Gasteiger partial charge in [0.1, 0.15) is 5.75 Å². The van der Waals surface area contributed by atoms with E-state index in [2.05, 4.69) is 48.6 Å². The van der Waals surface area contributed by atoms with E-state index in [1.165, 1.54) is 11.1 Å². The van der Waals surface area contributed by atoms with Gasteiger partial charge in [-0.3, -0.25) is 0 Å². The van der Waals surface area contributed by atoms with E-state index in [0.29, 0.717) is 0 Å². The van der Waals surface area contributed by atoms with Crippen LogP contribution >= 0.6 is 0 Å². The highest BCUT2D eigenvalue weighted by Gasteiger charge is 2.11. The van der Waals surface area contributed by atoms with Gasteiger partial charge in [0.2, 0.25) is 0 Å². The summed E-state index contributed by atoms with van der Waals surface area (Å²) < 4.78 is 5.61. The Morgan fingerprint density at radius 2 is 1.58 bits per heavy atom. The molecule has 0 heterocycles. The Hall–Kier alpha value is -1.80. The minimum absolute atomic E-state index is 0.224. The highest BCUT2D eigenvalue weighted by molar-refractivity contribution is 5.35. The van der Waals surface area contributed by atoms with Crippen LogP contribution in [0.15, 0.2) is 54.6 Å². The average Bonchev–Trinajstić information content (AvgIpc) is 2.48. The Labute approximate surface area is 115 Å². The summed E-state index contributed by atoms with van der Waals surface area (Å²) in [5.74, 6) is 0.938. The Morgan fingerprint density at radius 1 is 0.947 bits per heavy atom. The molecule has 0 amide bonds. The Morgan fingerprint density at radius 3 is 2.16 bits per heavy atom. The van der Waals surface area contributed by atoms with Crippen molar-refractivity contribution in [2.24, 2.45) is 0 Å². The molecule has 1 N–H and O–H groups in total. The SMILES string of the molecule is CCCOc1ccc(C(NC)c2ccccc2)cc1. The fourth-order valence-electron chi connectivity index (χ4n) is 2.15. The maximum absolute atomic E-state index is 5.61. The van der Waals surface area contributed by atoms with Crippen molar-refractivity contribution in [2.75, 3.05) is 13.7 Å². The molecule has 1 unspecified atom stereocenters. The van der Waals surface area contributed by atoms with Gasteiger partial charge in [-0.15, -0.1) is 0 Å². The minimum Gasteiger partial charge on any atom is -0.494 e. The van der Waals surface area contributed by atoms with Crippen LogP contribution in [0.25, 0.3) is 0 Å². The third-order valence-electron chi connectivity index (χ3n) is 3.11. The zero-order valence-corrected chi connectivity index (χ0v) is 11.6. The molecule has 0 spiro atoms. The molecule has 0 saturated carbocycles. The predicted octanol–water partition coefficient (Wildman–Crippen LogP) is 3.78. The van der Waals surface area contributed by atoms with Crippen LogP contribution in [-0.4, -0.2) is 13.7 Å². The third kappa shape index (κ3) is 3.58. The maximum Gasteiger partial charge on any atom is 0.119 e. The molecule has 100 valence electrons. The van der Waals surface area contributed by atoms with E-state index < -0.39 is 0 Å². The van der Waals surface area contributed by atoms with Crippen molar-refractivity contribution in [3.63, 3.8) is 0 Å². The van der Waals surface area contributed by atoms with Gasteiger partial charge < -0.3 is 10.1 Å². The van der Waals surface area contributed by atoms with E-state index >= 15 is 0 Å². The monoisotopic (exact) mass is 255 g/mol. The number of hydrogen-bond donors (Lipinski definition) is 1. The van der Waals surface area contributed by atoms with Crippen LogP contribution in [0.3, 0.4) is 0 Å². The van der Waals surface area contributed by atoms with Crippen molar-refractivity contribution in [2.45, 2.75) is 19.4 Å². The second-order valence-electron chi connectivity index (χ2n) is 4.55. The molecule has 2 rings (SSSR count). The molecule has 2 nitrogen and oxygen atoms in total. The van der Waals surface area contributed by atoms with Gasteiger partial charge in [0.15, 0.2) is 0 Å². The fraction of sp³-hybridized carbons (Fsp3) is 0.294. The number of nitrogens with one attached hydrogen (secondary N) is 1. The second-order valence-corrected chi connectivity index (χ2v) is 4.55. The molecule has 0 aliphatic rings. The Balaban J connectivity index is 2.15. The molecule has 0 aliphatic heterocycles. The quantitative estimate of drug-likeness (QED) is 0.848. The summed E-state index contributed by atoms with van der Waals surface area (Å²) >= 11 is 0.